The highest BCUT2D eigenvalue weighted by Gasteiger charge is 2.62. The number of hydrogen-bond donors (Lipinski definition) is 2. The smallest absolute Gasteiger partial charge is 0.303 e. The second-order valence-corrected chi connectivity index (χ2v) is 9.55. The van der Waals surface area contributed by atoms with Crippen LogP contribution in [-0.2, 0) is 9.59 Å². The van der Waals surface area contributed by atoms with Crippen LogP contribution < -0.4 is 0 Å². The first kappa shape index (κ1) is 18.0. The van der Waals surface area contributed by atoms with Crippen molar-refractivity contribution in [2.24, 2.45) is 28.6 Å². The molecule has 6 atom stereocenters. The molecule has 0 radical (unpaired) electrons. The summed E-state index contributed by atoms with van der Waals surface area (Å²) >= 11 is 0. The largest absolute Gasteiger partial charge is 0.481 e. The number of rotatable bonds is 3. The Balaban J connectivity index is 1.66. The maximum Gasteiger partial charge on any atom is 0.303 e. The molecule has 4 nitrogen and oxygen atoms in total. The van der Waals surface area contributed by atoms with Gasteiger partial charge in [-0.1, -0.05) is 26.0 Å². The van der Waals surface area contributed by atoms with Gasteiger partial charge in [0.1, 0.15) is 0 Å². The lowest BCUT2D eigenvalue weighted by molar-refractivity contribution is -0.144. The molecule has 0 aliphatic heterocycles. The predicted molar refractivity (Wildman–Crippen MR) is 98.4 cm³/mol. The molecule has 0 aromatic heterocycles. The number of hydrogen-bond acceptors (Lipinski definition) is 3. The summed E-state index contributed by atoms with van der Waals surface area (Å²) in [5.41, 5.74) is 0.179. The van der Waals surface area contributed by atoms with Gasteiger partial charge in [-0.05, 0) is 78.8 Å². The zero-order chi connectivity index (χ0) is 18.7. The van der Waals surface area contributed by atoms with E-state index in [1.165, 1.54) is 5.57 Å². The molecule has 0 aromatic carbocycles. The van der Waals surface area contributed by atoms with E-state index in [0.717, 1.165) is 25.7 Å². The number of ketones is 1. The lowest BCUT2D eigenvalue weighted by Crippen LogP contribution is -2.53. The third-order valence-electron chi connectivity index (χ3n) is 8.59. The van der Waals surface area contributed by atoms with Crippen LogP contribution in [0.3, 0.4) is 0 Å². The molecule has 142 valence electrons. The van der Waals surface area contributed by atoms with Crippen LogP contribution in [0.1, 0.15) is 65.2 Å². The van der Waals surface area contributed by atoms with Crippen LogP contribution in [0.25, 0.3) is 0 Å². The molecule has 0 bridgehead atoms. The summed E-state index contributed by atoms with van der Waals surface area (Å²) in [6, 6.07) is 0. The Morgan fingerprint density at radius 1 is 1.19 bits per heavy atom. The van der Waals surface area contributed by atoms with Gasteiger partial charge in [-0.3, -0.25) is 9.59 Å². The van der Waals surface area contributed by atoms with Crippen molar-refractivity contribution in [3.8, 4) is 0 Å². The molecule has 0 heterocycles. The predicted octanol–water partition coefficient (Wildman–Crippen LogP) is 3.89. The maximum absolute atomic E-state index is 11.9. The quantitative estimate of drug-likeness (QED) is 0.802. The summed E-state index contributed by atoms with van der Waals surface area (Å²) in [5, 5.41) is 20.5. The second-order valence-electron chi connectivity index (χ2n) is 9.55. The number of aliphatic carboxylic acids is 1. The molecule has 4 aliphatic rings. The molecule has 2 fully saturated rings. The maximum atomic E-state index is 11.9. The first-order valence-corrected chi connectivity index (χ1v) is 10.1. The fourth-order valence-corrected chi connectivity index (χ4v) is 6.83. The van der Waals surface area contributed by atoms with Crippen LogP contribution >= 0.6 is 0 Å². The zero-order valence-corrected chi connectivity index (χ0v) is 15.8. The summed E-state index contributed by atoms with van der Waals surface area (Å²) in [5.74, 6) is 0.748. The number of carbonyl (C=O) groups is 2. The van der Waals surface area contributed by atoms with Gasteiger partial charge in [-0.15, -0.1) is 0 Å². The van der Waals surface area contributed by atoms with Gasteiger partial charge in [0, 0.05) is 12.8 Å². The van der Waals surface area contributed by atoms with Crippen LogP contribution in [0.15, 0.2) is 23.8 Å². The van der Waals surface area contributed by atoms with Gasteiger partial charge in [0.25, 0.3) is 0 Å². The second kappa shape index (κ2) is 5.79. The van der Waals surface area contributed by atoms with Gasteiger partial charge >= 0.3 is 5.97 Å². The summed E-state index contributed by atoms with van der Waals surface area (Å²) in [7, 11) is 0. The van der Waals surface area contributed by atoms with Crippen molar-refractivity contribution >= 4 is 11.8 Å². The summed E-state index contributed by atoms with van der Waals surface area (Å²) < 4.78 is 0. The molecule has 0 aromatic rings. The first-order valence-electron chi connectivity index (χ1n) is 10.1. The number of carboxylic acids is 1. The van der Waals surface area contributed by atoms with Crippen LogP contribution in [0.5, 0.6) is 0 Å². The van der Waals surface area contributed by atoms with Crippen molar-refractivity contribution in [1.29, 1.82) is 0 Å². The lowest BCUT2D eigenvalue weighted by atomic mass is 9.48. The van der Waals surface area contributed by atoms with E-state index in [2.05, 4.69) is 26.0 Å². The number of fused-ring (bicyclic) bond motifs is 5. The van der Waals surface area contributed by atoms with E-state index in [0.29, 0.717) is 37.0 Å². The minimum atomic E-state index is -0.867. The van der Waals surface area contributed by atoms with Gasteiger partial charge in [0.2, 0.25) is 0 Å². The lowest BCUT2D eigenvalue weighted by Gasteiger charge is -2.57. The van der Waals surface area contributed by atoms with Crippen molar-refractivity contribution in [3.05, 3.63) is 23.8 Å². The van der Waals surface area contributed by atoms with E-state index in [4.69, 9.17) is 5.11 Å². The van der Waals surface area contributed by atoms with Crippen LogP contribution in [0.2, 0.25) is 0 Å². The highest BCUT2D eigenvalue weighted by atomic mass is 16.4. The minimum absolute atomic E-state index is 0.0372. The molecule has 0 amide bonds. The van der Waals surface area contributed by atoms with Crippen LogP contribution in [0.4, 0.5) is 0 Å². The SMILES string of the molecule is C[C@]12CCC(=O)C=C1C=C[C@H]1[C@H]2CC[C@]2(C)[C@@H]1CC[C@@]2(O)CCC(=O)O. The summed E-state index contributed by atoms with van der Waals surface area (Å²) in [4.78, 5) is 22.9. The molecule has 2 saturated carbocycles. The Hall–Kier alpha value is -1.42. The molecular weight excluding hydrogens is 328 g/mol. The van der Waals surface area contributed by atoms with Crippen LogP contribution in [-0.4, -0.2) is 27.6 Å². The third kappa shape index (κ3) is 2.37. The average molecular weight is 358 g/mol. The molecular formula is C22H30O4. The number of carbonyl (C=O) groups excluding carboxylic acids is 1. The molecule has 4 heteroatoms. The Morgan fingerprint density at radius 3 is 2.65 bits per heavy atom. The number of allylic oxidation sites excluding steroid dienone is 4. The Bertz CT molecular complexity index is 707. The topological polar surface area (TPSA) is 74.6 Å². The van der Waals surface area contributed by atoms with Gasteiger partial charge in [-0.2, -0.15) is 0 Å². The van der Waals surface area contributed by atoms with Gasteiger partial charge in [0.05, 0.1) is 5.60 Å². The average Bonchev–Trinajstić information content (AvgIpc) is 2.86. The van der Waals surface area contributed by atoms with Gasteiger partial charge < -0.3 is 10.2 Å². The first-order chi connectivity index (χ1) is 12.2. The Labute approximate surface area is 155 Å². The van der Waals surface area contributed by atoms with E-state index in [1.807, 2.05) is 6.08 Å². The number of aliphatic hydroxyl groups is 1. The fraction of sp³-hybridized carbons (Fsp3) is 0.727. The van der Waals surface area contributed by atoms with E-state index < -0.39 is 11.6 Å². The molecule has 0 unspecified atom stereocenters. The van der Waals surface area contributed by atoms with Gasteiger partial charge in [-0.25, -0.2) is 0 Å². The van der Waals surface area contributed by atoms with Crippen LogP contribution in [0, 0.1) is 28.6 Å². The van der Waals surface area contributed by atoms with E-state index in [-0.39, 0.29) is 23.0 Å². The van der Waals surface area contributed by atoms with E-state index in [9.17, 15) is 14.7 Å². The van der Waals surface area contributed by atoms with Crippen molar-refractivity contribution in [3.63, 3.8) is 0 Å². The molecule has 0 spiro atoms. The Morgan fingerprint density at radius 2 is 1.92 bits per heavy atom. The monoisotopic (exact) mass is 358 g/mol. The van der Waals surface area contributed by atoms with Crippen molar-refractivity contribution in [1.82, 2.24) is 0 Å². The van der Waals surface area contributed by atoms with Crippen molar-refractivity contribution < 1.29 is 19.8 Å². The third-order valence-corrected chi connectivity index (χ3v) is 8.59. The Kier molecular flexibility index (Phi) is 4.00. The number of carboxylic acid groups (broad SMARTS) is 1. The molecule has 26 heavy (non-hydrogen) atoms. The molecule has 2 N–H and O–H groups in total. The normalized spacial score (nSPS) is 47.0. The van der Waals surface area contributed by atoms with Gasteiger partial charge in [0.15, 0.2) is 5.78 Å². The van der Waals surface area contributed by atoms with E-state index in [1.54, 1.807) is 0 Å². The molecule has 0 saturated heterocycles. The zero-order valence-electron chi connectivity index (χ0n) is 15.8. The minimum Gasteiger partial charge on any atom is -0.481 e. The molecule has 4 rings (SSSR count). The highest BCUT2D eigenvalue weighted by Crippen LogP contribution is 2.66. The van der Waals surface area contributed by atoms with Crippen molar-refractivity contribution in [2.45, 2.75) is 70.8 Å². The highest BCUT2D eigenvalue weighted by molar-refractivity contribution is 5.92. The van der Waals surface area contributed by atoms with E-state index >= 15 is 0 Å². The molecule has 4 aliphatic carbocycles. The fourth-order valence-electron chi connectivity index (χ4n) is 6.83. The standard InChI is InChI=1S/C22H30O4/c1-20-9-5-15(23)13-14(20)3-4-16-17(20)6-10-21(2)18(16)7-11-22(21,26)12-8-19(24)25/h3-4,13,16-18,26H,5-12H2,1-2H3,(H,24,25)/t16-,17+,18+,20-,21+,22+/m0/s1. The summed E-state index contributed by atoms with van der Waals surface area (Å²) in [6.07, 6.45) is 11.9. The summed E-state index contributed by atoms with van der Waals surface area (Å²) in [6.45, 7) is 4.51. The van der Waals surface area contributed by atoms with Crippen molar-refractivity contribution in [2.75, 3.05) is 0 Å².